The number of aromatic nitrogens is 1. The minimum atomic E-state index is -0.378. The Labute approximate surface area is 182 Å². The molecule has 2 amide bonds. The Kier molecular flexibility index (Phi) is 5.98. The monoisotopic (exact) mass is 419 g/mol. The largest absolute Gasteiger partial charge is 0.497 e. The number of nitrogens with two attached hydrogens (primary N) is 1. The molecule has 3 aromatic rings. The van der Waals surface area contributed by atoms with E-state index in [-0.39, 0.29) is 18.2 Å². The number of anilines is 1. The van der Waals surface area contributed by atoms with Crippen LogP contribution in [0.2, 0.25) is 0 Å². The summed E-state index contributed by atoms with van der Waals surface area (Å²) in [6.07, 6.45) is 6.18. The van der Waals surface area contributed by atoms with Crippen LogP contribution in [0, 0.1) is 6.92 Å². The first-order chi connectivity index (χ1) is 15.0. The number of ether oxygens (including phenoxy) is 1. The number of nitrogens with zero attached hydrogens (tertiary/aromatic N) is 1. The molecule has 0 atom stereocenters. The number of nitrogens with one attached hydrogen (secondary N) is 1. The number of fused-ring (bicyclic) bond motifs is 1. The van der Waals surface area contributed by atoms with Crippen LogP contribution in [-0.2, 0) is 11.2 Å². The van der Waals surface area contributed by atoms with Crippen molar-refractivity contribution in [1.82, 2.24) is 4.57 Å². The lowest BCUT2D eigenvalue weighted by Gasteiger charge is -2.26. The van der Waals surface area contributed by atoms with Gasteiger partial charge in [0.15, 0.2) is 0 Å². The molecule has 162 valence electrons. The number of primary amides is 1. The summed E-state index contributed by atoms with van der Waals surface area (Å²) in [4.78, 5) is 24.5. The van der Waals surface area contributed by atoms with Gasteiger partial charge in [0.1, 0.15) is 5.75 Å². The molecule has 1 aromatic heterocycles. The van der Waals surface area contributed by atoms with Crippen molar-refractivity contribution in [1.29, 1.82) is 0 Å². The zero-order valence-corrected chi connectivity index (χ0v) is 18.1. The van der Waals surface area contributed by atoms with Crippen molar-refractivity contribution in [2.75, 3.05) is 12.4 Å². The molecule has 0 bridgehead atoms. The van der Waals surface area contributed by atoms with Gasteiger partial charge in [-0.1, -0.05) is 31.4 Å². The van der Waals surface area contributed by atoms with Gasteiger partial charge in [0.2, 0.25) is 5.91 Å². The maximum Gasteiger partial charge on any atom is 0.258 e. The van der Waals surface area contributed by atoms with Gasteiger partial charge in [-0.05, 0) is 55.7 Å². The van der Waals surface area contributed by atoms with Gasteiger partial charge in [0, 0.05) is 28.3 Å². The highest BCUT2D eigenvalue weighted by Gasteiger charge is 2.25. The molecule has 0 radical (unpaired) electrons. The van der Waals surface area contributed by atoms with Crippen LogP contribution >= 0.6 is 0 Å². The Bertz CT molecular complexity index is 1110. The van der Waals surface area contributed by atoms with Crippen LogP contribution in [0.4, 0.5) is 5.69 Å². The Morgan fingerprint density at radius 3 is 2.45 bits per heavy atom. The molecular formula is C25H29N3O3. The average molecular weight is 420 g/mol. The highest BCUT2D eigenvalue weighted by molar-refractivity contribution is 6.14. The molecule has 2 aromatic carbocycles. The normalized spacial score (nSPS) is 14.5. The topological polar surface area (TPSA) is 86.3 Å². The first-order valence-corrected chi connectivity index (χ1v) is 10.8. The highest BCUT2D eigenvalue weighted by Crippen LogP contribution is 2.37. The van der Waals surface area contributed by atoms with Crippen molar-refractivity contribution >= 4 is 28.4 Å². The molecule has 0 aliphatic heterocycles. The SMILES string of the molecule is COc1ccc2c(c1)c(C(=O)Nc1ccc(CC(N)=O)cc1)c(C)n2C1CCCCC1. The quantitative estimate of drug-likeness (QED) is 0.605. The Hall–Kier alpha value is -3.28. The lowest BCUT2D eigenvalue weighted by Crippen LogP contribution is -2.17. The highest BCUT2D eigenvalue weighted by atomic mass is 16.5. The first kappa shape index (κ1) is 21.0. The predicted molar refractivity (Wildman–Crippen MR) is 123 cm³/mol. The average Bonchev–Trinajstić information content (AvgIpc) is 3.06. The molecule has 4 rings (SSSR count). The van der Waals surface area contributed by atoms with E-state index in [1.807, 2.05) is 31.2 Å². The van der Waals surface area contributed by atoms with E-state index in [1.165, 1.54) is 19.3 Å². The molecule has 3 N–H and O–H groups in total. The number of methoxy groups -OCH3 is 1. The number of hydrogen-bond donors (Lipinski definition) is 2. The van der Waals surface area contributed by atoms with Crippen molar-refractivity contribution in [2.24, 2.45) is 5.73 Å². The van der Waals surface area contributed by atoms with E-state index < -0.39 is 0 Å². The molecule has 1 aliphatic rings. The molecule has 0 spiro atoms. The fraction of sp³-hybridized carbons (Fsp3) is 0.360. The summed E-state index contributed by atoms with van der Waals surface area (Å²) in [6, 6.07) is 13.6. The number of hydrogen-bond acceptors (Lipinski definition) is 3. The van der Waals surface area contributed by atoms with Gasteiger partial charge in [0.05, 0.1) is 19.1 Å². The number of rotatable bonds is 6. The second-order valence-corrected chi connectivity index (χ2v) is 8.30. The third-order valence-corrected chi connectivity index (χ3v) is 6.21. The van der Waals surface area contributed by atoms with Crippen LogP contribution in [0.25, 0.3) is 10.9 Å². The Morgan fingerprint density at radius 2 is 1.81 bits per heavy atom. The summed E-state index contributed by atoms with van der Waals surface area (Å²) >= 11 is 0. The van der Waals surface area contributed by atoms with Crippen molar-refractivity contribution in [3.8, 4) is 5.75 Å². The van der Waals surface area contributed by atoms with Gasteiger partial charge in [-0.3, -0.25) is 9.59 Å². The summed E-state index contributed by atoms with van der Waals surface area (Å²) in [6.45, 7) is 2.03. The van der Waals surface area contributed by atoms with Gasteiger partial charge < -0.3 is 20.4 Å². The molecule has 6 nitrogen and oxygen atoms in total. The molecule has 0 saturated heterocycles. The fourth-order valence-electron chi connectivity index (χ4n) is 4.75. The predicted octanol–water partition coefficient (Wildman–Crippen LogP) is 4.74. The zero-order valence-electron chi connectivity index (χ0n) is 18.1. The van der Waals surface area contributed by atoms with Crippen LogP contribution in [-0.4, -0.2) is 23.5 Å². The maximum atomic E-state index is 13.4. The third-order valence-electron chi connectivity index (χ3n) is 6.21. The van der Waals surface area contributed by atoms with Crippen LogP contribution in [0.3, 0.4) is 0 Å². The number of carbonyl (C=O) groups is 2. The first-order valence-electron chi connectivity index (χ1n) is 10.8. The van der Waals surface area contributed by atoms with Crippen molar-refractivity contribution in [3.05, 3.63) is 59.3 Å². The van der Waals surface area contributed by atoms with Crippen molar-refractivity contribution < 1.29 is 14.3 Å². The van der Waals surface area contributed by atoms with E-state index in [1.54, 1.807) is 19.2 Å². The van der Waals surface area contributed by atoms with Gasteiger partial charge in [-0.15, -0.1) is 0 Å². The molecule has 1 saturated carbocycles. The minimum Gasteiger partial charge on any atom is -0.497 e. The van der Waals surface area contributed by atoms with Crippen LogP contribution in [0.15, 0.2) is 42.5 Å². The van der Waals surface area contributed by atoms with Gasteiger partial charge >= 0.3 is 0 Å². The van der Waals surface area contributed by atoms with Crippen molar-refractivity contribution in [3.63, 3.8) is 0 Å². The van der Waals surface area contributed by atoms with Gasteiger partial charge in [-0.25, -0.2) is 0 Å². The molecule has 1 aliphatic carbocycles. The van der Waals surface area contributed by atoms with E-state index in [9.17, 15) is 9.59 Å². The molecule has 31 heavy (non-hydrogen) atoms. The Morgan fingerprint density at radius 1 is 1.10 bits per heavy atom. The number of amides is 2. The third kappa shape index (κ3) is 4.29. The summed E-state index contributed by atoms with van der Waals surface area (Å²) < 4.78 is 7.78. The summed E-state index contributed by atoms with van der Waals surface area (Å²) in [7, 11) is 1.64. The standard InChI is InChI=1S/C25H29N3O3/c1-16-24(25(30)27-18-10-8-17(9-11-18)14-23(26)29)21-15-20(31-2)12-13-22(21)28(16)19-6-4-3-5-7-19/h8-13,15,19H,3-7,14H2,1-2H3,(H2,26,29)(H,27,30). The molecule has 6 heteroatoms. The van der Waals surface area contributed by atoms with E-state index in [4.69, 9.17) is 10.5 Å². The molecule has 1 fully saturated rings. The van der Waals surface area contributed by atoms with E-state index in [0.717, 1.165) is 40.8 Å². The smallest absolute Gasteiger partial charge is 0.258 e. The molecular weight excluding hydrogens is 390 g/mol. The number of benzene rings is 2. The van der Waals surface area contributed by atoms with Crippen LogP contribution in [0.5, 0.6) is 5.75 Å². The van der Waals surface area contributed by atoms with Crippen LogP contribution in [0.1, 0.15) is 59.8 Å². The van der Waals surface area contributed by atoms with E-state index in [2.05, 4.69) is 16.0 Å². The summed E-state index contributed by atoms with van der Waals surface area (Å²) in [5, 5.41) is 3.92. The number of carbonyl (C=O) groups excluding carboxylic acids is 2. The van der Waals surface area contributed by atoms with Gasteiger partial charge in [-0.2, -0.15) is 0 Å². The lowest BCUT2D eigenvalue weighted by atomic mass is 9.95. The summed E-state index contributed by atoms with van der Waals surface area (Å²) in [5.74, 6) is 0.211. The second kappa shape index (κ2) is 8.84. The van der Waals surface area contributed by atoms with E-state index in [0.29, 0.717) is 17.3 Å². The van der Waals surface area contributed by atoms with E-state index >= 15 is 0 Å². The van der Waals surface area contributed by atoms with Gasteiger partial charge in [0.25, 0.3) is 5.91 Å². The summed E-state index contributed by atoms with van der Waals surface area (Å²) in [5.41, 5.74) is 9.50. The Balaban J connectivity index is 1.70. The molecule has 1 heterocycles. The zero-order chi connectivity index (χ0) is 22.0. The maximum absolute atomic E-state index is 13.4. The fourth-order valence-corrected chi connectivity index (χ4v) is 4.75. The lowest BCUT2D eigenvalue weighted by molar-refractivity contribution is -0.117. The minimum absolute atomic E-state index is 0.145. The van der Waals surface area contributed by atoms with Crippen molar-refractivity contribution in [2.45, 2.75) is 51.5 Å². The molecule has 0 unspecified atom stereocenters. The second-order valence-electron chi connectivity index (χ2n) is 8.30. The van der Waals surface area contributed by atoms with Crippen LogP contribution < -0.4 is 15.8 Å².